The Bertz CT molecular complexity index is 1040. The highest BCUT2D eigenvalue weighted by molar-refractivity contribution is 9.10. The number of carbonyl (C=O) groups excluding carboxylic acids is 1. The van der Waals surface area contributed by atoms with Gasteiger partial charge in [-0.2, -0.15) is 5.26 Å². The second kappa shape index (κ2) is 9.16. The SMILES string of the molecule is COc1cc(/C=C2/SC(=Nc3ccc(C)cc3)N(C)C2=O)cc(Br)c1OCC#N. The minimum Gasteiger partial charge on any atom is -0.493 e. The smallest absolute Gasteiger partial charge is 0.266 e. The number of carbonyl (C=O) groups is 1. The summed E-state index contributed by atoms with van der Waals surface area (Å²) in [7, 11) is 3.23. The van der Waals surface area contributed by atoms with E-state index in [0.29, 0.717) is 26.0 Å². The molecule has 0 N–H and O–H groups in total. The van der Waals surface area contributed by atoms with Crippen molar-refractivity contribution in [3.05, 3.63) is 56.9 Å². The summed E-state index contributed by atoms with van der Waals surface area (Å²) < 4.78 is 11.4. The van der Waals surface area contributed by atoms with E-state index in [2.05, 4.69) is 20.9 Å². The topological polar surface area (TPSA) is 74.9 Å². The van der Waals surface area contributed by atoms with Crippen LogP contribution in [-0.2, 0) is 4.79 Å². The molecule has 2 aromatic carbocycles. The summed E-state index contributed by atoms with van der Waals surface area (Å²) in [5.41, 5.74) is 2.71. The Balaban J connectivity index is 1.90. The van der Waals surface area contributed by atoms with E-state index in [1.165, 1.54) is 23.8 Å². The molecule has 0 atom stereocenters. The van der Waals surface area contributed by atoms with Crippen molar-refractivity contribution in [3.63, 3.8) is 0 Å². The van der Waals surface area contributed by atoms with Crippen LogP contribution in [0.3, 0.4) is 0 Å². The molecule has 0 radical (unpaired) electrons. The fourth-order valence-corrected chi connectivity index (χ4v) is 4.16. The molecule has 148 valence electrons. The molecule has 0 aromatic heterocycles. The lowest BCUT2D eigenvalue weighted by atomic mass is 10.2. The molecule has 1 aliphatic rings. The van der Waals surface area contributed by atoms with Gasteiger partial charge in [-0.15, -0.1) is 0 Å². The van der Waals surface area contributed by atoms with Gasteiger partial charge in [-0.25, -0.2) is 4.99 Å². The number of aliphatic imine (C=N–C) groups is 1. The maximum absolute atomic E-state index is 12.7. The molecule has 1 aliphatic heterocycles. The lowest BCUT2D eigenvalue weighted by Crippen LogP contribution is -2.23. The molecule has 1 fully saturated rings. The number of halogens is 1. The fourth-order valence-electron chi connectivity index (χ4n) is 2.60. The lowest BCUT2D eigenvalue weighted by Gasteiger charge is -2.11. The summed E-state index contributed by atoms with van der Waals surface area (Å²) >= 11 is 4.75. The summed E-state index contributed by atoms with van der Waals surface area (Å²) in [6.07, 6.45) is 1.78. The highest BCUT2D eigenvalue weighted by Crippen LogP contribution is 2.39. The number of methoxy groups -OCH3 is 1. The van der Waals surface area contributed by atoms with Crippen LogP contribution in [0, 0.1) is 18.3 Å². The maximum Gasteiger partial charge on any atom is 0.266 e. The van der Waals surface area contributed by atoms with E-state index in [0.717, 1.165) is 16.8 Å². The summed E-state index contributed by atoms with van der Waals surface area (Å²) in [5.74, 6) is 0.792. The summed E-state index contributed by atoms with van der Waals surface area (Å²) in [6, 6.07) is 13.3. The number of nitriles is 1. The molecule has 6 nitrogen and oxygen atoms in total. The van der Waals surface area contributed by atoms with E-state index in [1.54, 1.807) is 19.2 Å². The number of amides is 1. The quantitative estimate of drug-likeness (QED) is 0.579. The third-order valence-corrected chi connectivity index (χ3v) is 5.74. The lowest BCUT2D eigenvalue weighted by molar-refractivity contribution is -0.121. The molecule has 0 unspecified atom stereocenters. The van der Waals surface area contributed by atoms with Crippen molar-refractivity contribution in [2.45, 2.75) is 6.92 Å². The molecule has 0 saturated carbocycles. The first kappa shape index (κ1) is 21.0. The minimum atomic E-state index is -0.124. The number of hydrogen-bond acceptors (Lipinski definition) is 6. The van der Waals surface area contributed by atoms with Gasteiger partial charge in [0.2, 0.25) is 0 Å². The summed E-state index contributed by atoms with van der Waals surface area (Å²) in [6.45, 7) is 1.92. The van der Waals surface area contributed by atoms with Crippen molar-refractivity contribution in [3.8, 4) is 17.6 Å². The van der Waals surface area contributed by atoms with Gasteiger partial charge in [0, 0.05) is 7.05 Å². The standard InChI is InChI=1S/C21H18BrN3O3S/c1-13-4-6-15(7-5-13)24-21-25(2)20(26)18(29-21)12-14-10-16(22)19(28-9-8-23)17(11-14)27-3/h4-7,10-12H,9H2,1-3H3/b18-12+,24-21?. The number of hydrogen-bond donors (Lipinski definition) is 0. The maximum atomic E-state index is 12.7. The van der Waals surface area contributed by atoms with Crippen LogP contribution in [0.5, 0.6) is 11.5 Å². The Morgan fingerprint density at radius 3 is 2.69 bits per heavy atom. The number of amidine groups is 1. The van der Waals surface area contributed by atoms with Gasteiger partial charge in [-0.1, -0.05) is 17.7 Å². The number of thioether (sulfide) groups is 1. The molecule has 1 saturated heterocycles. The first-order valence-electron chi connectivity index (χ1n) is 8.63. The molecule has 0 aliphatic carbocycles. The van der Waals surface area contributed by atoms with Crippen molar-refractivity contribution < 1.29 is 14.3 Å². The van der Waals surface area contributed by atoms with Gasteiger partial charge in [0.05, 0.1) is 22.2 Å². The van der Waals surface area contributed by atoms with Crippen LogP contribution in [-0.4, -0.2) is 36.7 Å². The molecule has 8 heteroatoms. The van der Waals surface area contributed by atoms with Gasteiger partial charge in [-0.05, 0) is 70.5 Å². The van der Waals surface area contributed by atoms with Crippen molar-refractivity contribution in [2.24, 2.45) is 4.99 Å². The largest absolute Gasteiger partial charge is 0.493 e. The molecule has 0 bridgehead atoms. The molecule has 1 heterocycles. The Kier molecular flexibility index (Phi) is 6.62. The van der Waals surface area contributed by atoms with Crippen LogP contribution in [0.25, 0.3) is 6.08 Å². The van der Waals surface area contributed by atoms with Crippen LogP contribution in [0.4, 0.5) is 5.69 Å². The monoisotopic (exact) mass is 471 g/mol. The van der Waals surface area contributed by atoms with Crippen LogP contribution < -0.4 is 9.47 Å². The number of rotatable bonds is 5. The predicted molar refractivity (Wildman–Crippen MR) is 118 cm³/mol. The van der Waals surface area contributed by atoms with Crippen LogP contribution in [0.2, 0.25) is 0 Å². The molecule has 2 aromatic rings. The van der Waals surface area contributed by atoms with E-state index in [9.17, 15) is 4.79 Å². The Hall–Kier alpha value is -2.76. The molecule has 0 spiro atoms. The van der Waals surface area contributed by atoms with E-state index >= 15 is 0 Å². The van der Waals surface area contributed by atoms with Crippen LogP contribution in [0.15, 0.2) is 50.8 Å². The van der Waals surface area contributed by atoms with Gasteiger partial charge in [0.25, 0.3) is 5.91 Å². The van der Waals surface area contributed by atoms with Gasteiger partial charge in [0.1, 0.15) is 6.07 Å². The first-order valence-corrected chi connectivity index (χ1v) is 10.2. The third-order valence-electron chi connectivity index (χ3n) is 4.09. The van der Waals surface area contributed by atoms with E-state index in [1.807, 2.05) is 43.3 Å². The van der Waals surface area contributed by atoms with Gasteiger partial charge in [0.15, 0.2) is 23.3 Å². The average Bonchev–Trinajstić information content (AvgIpc) is 2.96. The number of aryl methyl sites for hydroxylation is 1. The number of benzene rings is 2. The molecule has 29 heavy (non-hydrogen) atoms. The van der Waals surface area contributed by atoms with Crippen molar-refractivity contribution in [2.75, 3.05) is 20.8 Å². The van der Waals surface area contributed by atoms with Crippen molar-refractivity contribution in [1.29, 1.82) is 5.26 Å². The van der Waals surface area contributed by atoms with E-state index < -0.39 is 0 Å². The first-order chi connectivity index (χ1) is 13.9. The fraction of sp³-hybridized carbons (Fsp3) is 0.190. The predicted octanol–water partition coefficient (Wildman–Crippen LogP) is 4.90. The van der Waals surface area contributed by atoms with Gasteiger partial charge < -0.3 is 9.47 Å². The second-order valence-electron chi connectivity index (χ2n) is 6.19. The number of ether oxygens (including phenoxy) is 2. The zero-order chi connectivity index (χ0) is 21.0. The van der Waals surface area contributed by atoms with Crippen molar-refractivity contribution in [1.82, 2.24) is 4.90 Å². The number of nitrogens with zero attached hydrogens (tertiary/aromatic N) is 3. The molecule has 3 rings (SSSR count). The third kappa shape index (κ3) is 4.81. The minimum absolute atomic E-state index is 0.0899. The molecular formula is C21H18BrN3O3S. The highest BCUT2D eigenvalue weighted by atomic mass is 79.9. The van der Waals surface area contributed by atoms with Gasteiger partial charge >= 0.3 is 0 Å². The van der Waals surface area contributed by atoms with E-state index in [4.69, 9.17) is 14.7 Å². The molecular weight excluding hydrogens is 454 g/mol. The van der Waals surface area contributed by atoms with Gasteiger partial charge in [-0.3, -0.25) is 9.69 Å². The highest BCUT2D eigenvalue weighted by Gasteiger charge is 2.30. The van der Waals surface area contributed by atoms with Crippen LogP contribution >= 0.6 is 27.7 Å². The zero-order valence-corrected chi connectivity index (χ0v) is 18.5. The average molecular weight is 472 g/mol. The summed E-state index contributed by atoms with van der Waals surface area (Å²) in [4.78, 5) is 19.3. The second-order valence-corrected chi connectivity index (χ2v) is 8.05. The normalized spacial score (nSPS) is 16.4. The number of likely N-dealkylation sites (N-methyl/N-ethyl adjacent to an activating group) is 1. The Morgan fingerprint density at radius 1 is 1.31 bits per heavy atom. The van der Waals surface area contributed by atoms with Crippen molar-refractivity contribution >= 4 is 50.5 Å². The molecule has 1 amide bonds. The Labute approximate surface area is 182 Å². The zero-order valence-electron chi connectivity index (χ0n) is 16.1. The Morgan fingerprint density at radius 2 is 2.03 bits per heavy atom. The summed E-state index contributed by atoms with van der Waals surface area (Å²) in [5, 5.41) is 9.34. The van der Waals surface area contributed by atoms with E-state index in [-0.39, 0.29) is 12.5 Å². The van der Waals surface area contributed by atoms with Crippen LogP contribution in [0.1, 0.15) is 11.1 Å².